The number of benzene rings is 2. The lowest BCUT2D eigenvalue weighted by Crippen LogP contribution is -2.41. The number of hydrogen-bond acceptors (Lipinski definition) is 7. The Kier molecular flexibility index (Phi) is 6.46. The van der Waals surface area contributed by atoms with Crippen molar-refractivity contribution >= 4 is 6.09 Å². The molecule has 1 fully saturated rings. The van der Waals surface area contributed by atoms with Gasteiger partial charge in [0.1, 0.15) is 23.7 Å². The van der Waals surface area contributed by atoms with E-state index in [0.29, 0.717) is 30.2 Å². The molecule has 0 atom stereocenters. The minimum atomic E-state index is -0.741. The van der Waals surface area contributed by atoms with E-state index in [2.05, 4.69) is 36.2 Å². The van der Waals surface area contributed by atoms with Crippen molar-refractivity contribution in [2.75, 3.05) is 0 Å². The first kappa shape index (κ1) is 22.5. The number of rotatable bonds is 8. The lowest BCUT2D eigenvalue weighted by Gasteiger charge is -2.34. The maximum absolute atomic E-state index is 10.8. The van der Waals surface area contributed by atoms with Crippen LogP contribution in [0.25, 0.3) is 0 Å². The second-order valence-corrected chi connectivity index (χ2v) is 8.57. The third kappa shape index (κ3) is 5.40. The molecule has 8 nitrogen and oxygen atoms in total. The molecule has 33 heavy (non-hydrogen) atoms. The quantitative estimate of drug-likeness (QED) is 0.532. The molecule has 2 aromatic carbocycles. The van der Waals surface area contributed by atoms with E-state index in [-0.39, 0.29) is 24.2 Å². The molecule has 1 heterocycles. The summed E-state index contributed by atoms with van der Waals surface area (Å²) in [7, 11) is 0. The van der Waals surface area contributed by atoms with Crippen LogP contribution in [0.4, 0.5) is 4.79 Å². The second-order valence-electron chi connectivity index (χ2n) is 8.57. The van der Waals surface area contributed by atoms with Crippen LogP contribution in [0.1, 0.15) is 43.5 Å². The largest absolute Gasteiger partial charge is 0.490 e. The van der Waals surface area contributed by atoms with E-state index in [1.54, 1.807) is 12.1 Å². The zero-order valence-electron chi connectivity index (χ0n) is 18.6. The molecule has 172 valence electrons. The summed E-state index contributed by atoms with van der Waals surface area (Å²) in [6, 6.07) is 19.3. The minimum Gasteiger partial charge on any atom is -0.490 e. The average Bonchev–Trinajstić information content (AvgIpc) is 2.78. The van der Waals surface area contributed by atoms with Crippen molar-refractivity contribution < 1.29 is 24.1 Å². The van der Waals surface area contributed by atoms with Crippen LogP contribution in [-0.4, -0.2) is 33.6 Å². The van der Waals surface area contributed by atoms with Gasteiger partial charge in [0, 0.05) is 24.3 Å². The van der Waals surface area contributed by atoms with Crippen molar-refractivity contribution in [3.05, 3.63) is 77.5 Å². The predicted molar refractivity (Wildman–Crippen MR) is 121 cm³/mol. The molecule has 1 aliphatic carbocycles. The first-order valence-corrected chi connectivity index (χ1v) is 10.8. The standard InChI is InChI=1S/C25H27N3O5/c1-25(2,16-3-8-19(9-4-16)31-21-13-22(14-21)33-24(26)30)17-5-10-20(11-6-17)32-23-12-7-18(15-29)27-28-23/h3-12,21-22,29H,13-15H2,1-2H3,(H2,26,30)/t21-,22-. The van der Waals surface area contributed by atoms with E-state index in [9.17, 15) is 4.79 Å². The van der Waals surface area contributed by atoms with Crippen LogP contribution in [-0.2, 0) is 16.8 Å². The number of amides is 1. The Balaban J connectivity index is 1.36. The van der Waals surface area contributed by atoms with Crippen LogP contribution in [0.3, 0.4) is 0 Å². The monoisotopic (exact) mass is 449 g/mol. The first-order chi connectivity index (χ1) is 15.8. The molecular weight excluding hydrogens is 422 g/mol. The number of ether oxygens (including phenoxy) is 3. The lowest BCUT2D eigenvalue weighted by molar-refractivity contribution is -0.0197. The highest BCUT2D eigenvalue weighted by atomic mass is 16.6. The Morgan fingerprint density at radius 2 is 1.55 bits per heavy atom. The van der Waals surface area contributed by atoms with E-state index in [4.69, 9.17) is 25.1 Å². The number of aliphatic hydroxyl groups is 1. The van der Waals surface area contributed by atoms with E-state index in [1.165, 1.54) is 0 Å². The van der Waals surface area contributed by atoms with E-state index >= 15 is 0 Å². The highest BCUT2D eigenvalue weighted by Gasteiger charge is 2.33. The number of primary amides is 1. The van der Waals surface area contributed by atoms with Gasteiger partial charge < -0.3 is 25.1 Å². The molecular formula is C25H27N3O5. The summed E-state index contributed by atoms with van der Waals surface area (Å²) in [6.07, 6.45) is 0.452. The average molecular weight is 450 g/mol. The highest BCUT2D eigenvalue weighted by molar-refractivity contribution is 5.64. The smallest absolute Gasteiger partial charge is 0.404 e. The third-order valence-electron chi connectivity index (χ3n) is 5.87. The molecule has 4 rings (SSSR count). The van der Waals surface area contributed by atoms with Crippen LogP contribution in [0, 0.1) is 0 Å². The lowest BCUT2D eigenvalue weighted by atomic mass is 9.78. The number of carbonyl (C=O) groups excluding carboxylic acids is 1. The van der Waals surface area contributed by atoms with Gasteiger partial charge in [0.2, 0.25) is 5.88 Å². The molecule has 8 heteroatoms. The molecule has 0 bridgehead atoms. The summed E-state index contributed by atoms with van der Waals surface area (Å²) >= 11 is 0. The van der Waals surface area contributed by atoms with E-state index in [1.807, 2.05) is 36.4 Å². The van der Waals surface area contributed by atoms with E-state index in [0.717, 1.165) is 16.9 Å². The maximum atomic E-state index is 10.8. The van der Waals surface area contributed by atoms with Crippen molar-refractivity contribution in [2.45, 2.75) is 50.9 Å². The zero-order chi connectivity index (χ0) is 23.4. The molecule has 0 aliphatic heterocycles. The van der Waals surface area contributed by atoms with Crippen molar-refractivity contribution in [1.29, 1.82) is 0 Å². The number of nitrogens with zero attached hydrogens (tertiary/aromatic N) is 2. The Morgan fingerprint density at radius 3 is 2.06 bits per heavy atom. The topological polar surface area (TPSA) is 117 Å². The third-order valence-corrected chi connectivity index (χ3v) is 5.87. The summed E-state index contributed by atoms with van der Waals surface area (Å²) < 4.78 is 16.6. The van der Waals surface area contributed by atoms with Crippen molar-refractivity contribution in [2.24, 2.45) is 5.73 Å². The summed E-state index contributed by atoms with van der Waals surface area (Å²) in [5.74, 6) is 1.81. The number of hydrogen-bond donors (Lipinski definition) is 2. The normalized spacial score (nSPS) is 17.7. The van der Waals surface area contributed by atoms with Gasteiger partial charge in [-0.25, -0.2) is 4.79 Å². The number of nitrogens with two attached hydrogens (primary N) is 1. The van der Waals surface area contributed by atoms with Crippen LogP contribution in [0.5, 0.6) is 17.4 Å². The fraction of sp³-hybridized carbons (Fsp3) is 0.320. The fourth-order valence-electron chi connectivity index (χ4n) is 3.73. The molecule has 1 saturated carbocycles. The van der Waals surface area contributed by atoms with Crippen molar-refractivity contribution in [3.63, 3.8) is 0 Å². The fourth-order valence-corrected chi connectivity index (χ4v) is 3.73. The first-order valence-electron chi connectivity index (χ1n) is 10.8. The Morgan fingerprint density at radius 1 is 0.939 bits per heavy atom. The SMILES string of the molecule is CC(C)(c1ccc(Oc2ccc(CO)nn2)cc1)c1ccc(O[C@H]2C[C@H](OC(N)=O)C2)cc1. The molecule has 3 N–H and O–H groups in total. The van der Waals surface area contributed by atoms with Crippen LogP contribution in [0.15, 0.2) is 60.7 Å². The minimum absolute atomic E-state index is 0.0327. The summed E-state index contributed by atoms with van der Waals surface area (Å²) in [6.45, 7) is 4.17. The van der Waals surface area contributed by atoms with Gasteiger partial charge in [0.15, 0.2) is 0 Å². The van der Waals surface area contributed by atoms with Gasteiger partial charge in [0.25, 0.3) is 0 Å². The predicted octanol–water partition coefficient (Wildman–Crippen LogP) is 4.09. The van der Waals surface area contributed by atoms with Crippen LogP contribution >= 0.6 is 0 Å². The van der Waals surface area contributed by atoms with Crippen LogP contribution in [0.2, 0.25) is 0 Å². The van der Waals surface area contributed by atoms with Crippen molar-refractivity contribution in [3.8, 4) is 17.4 Å². The molecule has 0 saturated heterocycles. The molecule has 0 unspecified atom stereocenters. The summed E-state index contributed by atoms with van der Waals surface area (Å²) in [4.78, 5) is 10.8. The molecule has 3 aromatic rings. The molecule has 1 aromatic heterocycles. The summed E-state index contributed by atoms with van der Waals surface area (Å²) in [5, 5.41) is 16.9. The van der Waals surface area contributed by atoms with Gasteiger partial charge >= 0.3 is 6.09 Å². The Hall–Kier alpha value is -3.65. The Bertz CT molecular complexity index is 1080. The van der Waals surface area contributed by atoms with Gasteiger partial charge in [-0.1, -0.05) is 38.1 Å². The van der Waals surface area contributed by atoms with Gasteiger partial charge in [-0.2, -0.15) is 0 Å². The highest BCUT2D eigenvalue weighted by Crippen LogP contribution is 2.35. The Labute approximate surface area is 192 Å². The molecule has 0 radical (unpaired) electrons. The second kappa shape index (κ2) is 9.46. The van der Waals surface area contributed by atoms with Gasteiger partial charge in [-0.15, -0.1) is 10.2 Å². The maximum Gasteiger partial charge on any atom is 0.404 e. The van der Waals surface area contributed by atoms with E-state index < -0.39 is 6.09 Å². The number of carbonyl (C=O) groups is 1. The van der Waals surface area contributed by atoms with Gasteiger partial charge in [-0.3, -0.25) is 0 Å². The van der Waals surface area contributed by atoms with Gasteiger partial charge in [-0.05, 0) is 41.5 Å². The number of aromatic nitrogens is 2. The summed E-state index contributed by atoms with van der Waals surface area (Å²) in [5.41, 5.74) is 7.59. The molecule has 0 spiro atoms. The van der Waals surface area contributed by atoms with Crippen LogP contribution < -0.4 is 15.2 Å². The molecule has 1 aliphatic rings. The molecule has 1 amide bonds. The zero-order valence-corrected chi connectivity index (χ0v) is 18.6. The van der Waals surface area contributed by atoms with Gasteiger partial charge in [0.05, 0.1) is 12.3 Å². The number of aliphatic hydroxyl groups excluding tert-OH is 1. The van der Waals surface area contributed by atoms with Crippen molar-refractivity contribution in [1.82, 2.24) is 10.2 Å².